The number of nitriles is 1. The standard InChI is InChI=1S/C21H28N6O3S/c1-23-31(29,30)17-9-7-16(8-10-17)20(28)24-19(15-5-3-2-4-6-15)18-13-27(26-25-18)21(14-22)11-12-21/h7-10,13,15,19,23,25-26H,2-6,11-12H2,1H3,(H,24,28)/p+1/t19-/m0/s1. The van der Waals surface area contributed by atoms with Crippen LogP contribution in [0.1, 0.15) is 55.3 Å². The molecule has 0 saturated heterocycles. The second-order valence-electron chi connectivity index (χ2n) is 8.49. The van der Waals surface area contributed by atoms with Gasteiger partial charge in [0, 0.05) is 5.56 Å². The number of carbonyl (C=O) groups is 1. The number of rotatable bonds is 7. The van der Waals surface area contributed by atoms with Crippen LogP contribution in [0.2, 0.25) is 0 Å². The summed E-state index contributed by atoms with van der Waals surface area (Å²) in [5.74, 6) is 0.0672. The molecule has 10 heteroatoms. The van der Waals surface area contributed by atoms with Crippen molar-refractivity contribution in [2.24, 2.45) is 5.92 Å². The topological polar surface area (TPSA) is 131 Å². The molecule has 9 nitrogen and oxygen atoms in total. The van der Waals surface area contributed by atoms with Crippen molar-refractivity contribution >= 4 is 15.9 Å². The van der Waals surface area contributed by atoms with E-state index < -0.39 is 15.6 Å². The summed E-state index contributed by atoms with van der Waals surface area (Å²) in [5, 5.41) is 14.6. The molecule has 2 fully saturated rings. The Bertz CT molecular complexity index is 1000. The summed E-state index contributed by atoms with van der Waals surface area (Å²) in [4.78, 5) is 13.1. The first-order valence-corrected chi connectivity index (χ1v) is 12.2. The van der Waals surface area contributed by atoms with Crippen molar-refractivity contribution in [1.82, 2.24) is 20.5 Å². The van der Waals surface area contributed by atoms with Crippen LogP contribution in [0, 0.1) is 17.2 Å². The van der Waals surface area contributed by atoms with Crippen LogP contribution in [0.25, 0.3) is 0 Å². The number of nitrogens with one attached hydrogen (secondary N) is 3. The van der Waals surface area contributed by atoms with Crippen molar-refractivity contribution in [3.05, 3.63) is 41.7 Å². The predicted molar refractivity (Wildman–Crippen MR) is 113 cm³/mol. The van der Waals surface area contributed by atoms with Crippen molar-refractivity contribution in [1.29, 1.82) is 5.26 Å². The van der Waals surface area contributed by atoms with Crippen LogP contribution >= 0.6 is 0 Å². The Balaban J connectivity index is 1.53. The molecule has 1 aromatic rings. The highest BCUT2D eigenvalue weighted by Crippen LogP contribution is 2.40. The smallest absolute Gasteiger partial charge is 0.251 e. The maximum atomic E-state index is 13.0. The van der Waals surface area contributed by atoms with E-state index in [-0.39, 0.29) is 16.8 Å². The largest absolute Gasteiger partial charge is 0.343 e. The third kappa shape index (κ3) is 4.39. The zero-order valence-corrected chi connectivity index (χ0v) is 18.4. The lowest BCUT2D eigenvalue weighted by Crippen LogP contribution is -2.98. The maximum Gasteiger partial charge on any atom is 0.251 e. The number of sulfonamides is 1. The minimum atomic E-state index is -3.55. The van der Waals surface area contributed by atoms with Gasteiger partial charge in [-0.15, -0.1) is 5.53 Å². The Morgan fingerprint density at radius 2 is 1.94 bits per heavy atom. The highest BCUT2D eigenvalue weighted by Gasteiger charge is 2.53. The molecule has 1 amide bonds. The molecule has 0 spiro atoms. The van der Waals surface area contributed by atoms with E-state index in [0.29, 0.717) is 11.5 Å². The van der Waals surface area contributed by atoms with Crippen molar-refractivity contribution < 1.29 is 18.7 Å². The van der Waals surface area contributed by atoms with Gasteiger partial charge in [-0.25, -0.2) is 18.6 Å². The zero-order valence-electron chi connectivity index (χ0n) is 17.6. The monoisotopic (exact) mass is 445 g/mol. The van der Waals surface area contributed by atoms with E-state index in [1.54, 1.807) is 0 Å². The van der Waals surface area contributed by atoms with Gasteiger partial charge in [-0.1, -0.05) is 19.3 Å². The molecule has 1 aromatic carbocycles. The highest BCUT2D eigenvalue weighted by molar-refractivity contribution is 7.89. The molecule has 1 atom stereocenters. The Hall–Kier alpha value is -2.61. The van der Waals surface area contributed by atoms with Gasteiger partial charge in [0.25, 0.3) is 5.91 Å². The average molecular weight is 446 g/mol. The van der Waals surface area contributed by atoms with Crippen LogP contribution in [-0.2, 0) is 10.0 Å². The van der Waals surface area contributed by atoms with E-state index in [2.05, 4.69) is 21.5 Å². The van der Waals surface area contributed by atoms with Crippen molar-refractivity contribution in [3.8, 4) is 6.07 Å². The van der Waals surface area contributed by atoms with Gasteiger partial charge in [0.1, 0.15) is 5.70 Å². The van der Waals surface area contributed by atoms with Gasteiger partial charge in [0.15, 0.2) is 5.54 Å². The number of carbonyl (C=O) groups excluding carboxylic acids is 1. The molecule has 0 unspecified atom stereocenters. The summed E-state index contributed by atoms with van der Waals surface area (Å²) in [6, 6.07) is 8.12. The minimum Gasteiger partial charge on any atom is -0.343 e. The third-order valence-corrected chi connectivity index (χ3v) is 7.94. The summed E-state index contributed by atoms with van der Waals surface area (Å²) in [6.45, 7) is 0. The third-order valence-electron chi connectivity index (χ3n) is 6.51. The first kappa shape index (κ1) is 21.6. The molecule has 0 bridgehead atoms. The number of benzene rings is 1. The van der Waals surface area contributed by atoms with E-state index in [1.807, 2.05) is 16.7 Å². The average Bonchev–Trinajstić information content (AvgIpc) is 3.46. The zero-order chi connectivity index (χ0) is 22.1. The van der Waals surface area contributed by atoms with Gasteiger partial charge < -0.3 is 5.32 Å². The Kier molecular flexibility index (Phi) is 5.92. The van der Waals surface area contributed by atoms with Gasteiger partial charge in [-0.2, -0.15) is 10.3 Å². The van der Waals surface area contributed by atoms with Crippen LogP contribution in [-0.4, -0.2) is 38.0 Å². The van der Waals surface area contributed by atoms with Gasteiger partial charge in [-0.05, 0) is 62.9 Å². The Morgan fingerprint density at radius 1 is 1.26 bits per heavy atom. The molecular weight excluding hydrogens is 416 g/mol. The molecule has 2 aliphatic carbocycles. The van der Waals surface area contributed by atoms with Crippen LogP contribution < -0.4 is 21.0 Å². The van der Waals surface area contributed by atoms with Crippen LogP contribution in [0.4, 0.5) is 0 Å². The molecule has 5 N–H and O–H groups in total. The van der Waals surface area contributed by atoms with E-state index in [4.69, 9.17) is 0 Å². The van der Waals surface area contributed by atoms with Gasteiger partial charge in [0.2, 0.25) is 10.0 Å². The quantitative estimate of drug-likeness (QED) is 0.451. The molecule has 0 radical (unpaired) electrons. The number of nitrogens with two attached hydrogens (primary N) is 1. The fourth-order valence-electron chi connectivity index (χ4n) is 4.38. The molecule has 0 aromatic heterocycles. The van der Waals surface area contributed by atoms with E-state index in [1.165, 1.54) is 37.7 Å². The molecule has 166 valence electrons. The normalized spacial score (nSPS) is 21.5. The number of nitrogens with zero attached hydrogens (tertiary/aromatic N) is 2. The lowest BCUT2D eigenvalue weighted by molar-refractivity contribution is -0.829. The number of hydrogen-bond acceptors (Lipinski definition) is 6. The lowest BCUT2D eigenvalue weighted by atomic mass is 9.82. The van der Waals surface area contributed by atoms with Crippen LogP contribution in [0.3, 0.4) is 0 Å². The van der Waals surface area contributed by atoms with Crippen LogP contribution in [0.15, 0.2) is 41.1 Å². The minimum absolute atomic E-state index is 0.118. The number of quaternary nitrogens is 1. The molecule has 31 heavy (non-hydrogen) atoms. The molecule has 4 rings (SSSR count). The van der Waals surface area contributed by atoms with Crippen molar-refractivity contribution in [3.63, 3.8) is 0 Å². The van der Waals surface area contributed by atoms with Gasteiger partial charge in [-0.3, -0.25) is 4.79 Å². The van der Waals surface area contributed by atoms with E-state index in [0.717, 1.165) is 44.2 Å². The molecule has 3 aliphatic rings. The van der Waals surface area contributed by atoms with E-state index >= 15 is 0 Å². The SMILES string of the molecule is CNS(=O)(=O)c1ccc(C(=O)N[C@H](C2=CN(C3(C#N)CC3)[NH2+]N2)C2CCCCC2)cc1. The van der Waals surface area contributed by atoms with Gasteiger partial charge >= 0.3 is 0 Å². The summed E-state index contributed by atoms with van der Waals surface area (Å²) >= 11 is 0. The number of hydrogen-bond donors (Lipinski definition) is 4. The maximum absolute atomic E-state index is 13.0. The first-order chi connectivity index (χ1) is 14.9. The summed E-state index contributed by atoms with van der Waals surface area (Å²) < 4.78 is 26.1. The van der Waals surface area contributed by atoms with Crippen LogP contribution in [0.5, 0.6) is 0 Å². The predicted octanol–water partition coefficient (Wildman–Crippen LogP) is 0.470. The molecular formula is C21H29N6O3S+. The molecule has 1 aliphatic heterocycles. The lowest BCUT2D eigenvalue weighted by Gasteiger charge is -2.30. The van der Waals surface area contributed by atoms with Crippen molar-refractivity contribution in [2.45, 2.75) is 61.4 Å². The van der Waals surface area contributed by atoms with E-state index in [9.17, 15) is 18.5 Å². The molecule has 1 heterocycles. The van der Waals surface area contributed by atoms with Gasteiger partial charge in [0.05, 0.1) is 23.2 Å². The number of amides is 1. The second-order valence-corrected chi connectivity index (χ2v) is 10.4. The summed E-state index contributed by atoms with van der Waals surface area (Å²) in [6.07, 6.45) is 9.19. The summed E-state index contributed by atoms with van der Waals surface area (Å²) in [7, 11) is -2.19. The highest BCUT2D eigenvalue weighted by atomic mass is 32.2. The molecule has 2 saturated carbocycles. The Labute approximate surface area is 182 Å². The second kappa shape index (κ2) is 8.49. The fraction of sp³-hybridized carbons (Fsp3) is 0.524. The summed E-state index contributed by atoms with van der Waals surface area (Å²) in [5.41, 5.74) is 5.96. The fourth-order valence-corrected chi connectivity index (χ4v) is 5.11. The Morgan fingerprint density at radius 3 is 2.52 bits per heavy atom. The van der Waals surface area contributed by atoms with Crippen molar-refractivity contribution in [2.75, 3.05) is 7.05 Å². The first-order valence-electron chi connectivity index (χ1n) is 10.7.